The number of nitrogens with two attached hydrogens (primary N) is 1. The monoisotopic (exact) mass is 220 g/mol. The molecule has 1 aliphatic heterocycles. The minimum absolute atomic E-state index is 0.193. The molecule has 1 aromatic heterocycles. The largest absolute Gasteiger partial charge is 0.381 e. The Hall–Kier alpha value is -0.930. The predicted octanol–water partition coefficient (Wildman–Crippen LogP) is 1.94. The molecule has 2 rings (SSSR count). The quantitative estimate of drug-likeness (QED) is 0.846. The van der Waals surface area contributed by atoms with Gasteiger partial charge in [-0.2, -0.15) is 0 Å². The van der Waals surface area contributed by atoms with Gasteiger partial charge in [0.2, 0.25) is 0 Å². The van der Waals surface area contributed by atoms with Crippen LogP contribution in [0.1, 0.15) is 31.4 Å². The molecule has 1 aliphatic rings. The van der Waals surface area contributed by atoms with E-state index in [1.54, 1.807) is 0 Å². The van der Waals surface area contributed by atoms with Gasteiger partial charge in [0.05, 0.1) is 0 Å². The van der Waals surface area contributed by atoms with Gasteiger partial charge >= 0.3 is 0 Å². The van der Waals surface area contributed by atoms with Crippen molar-refractivity contribution >= 4 is 0 Å². The molecule has 0 amide bonds. The first-order chi connectivity index (χ1) is 7.79. The number of ether oxygens (including phenoxy) is 1. The summed E-state index contributed by atoms with van der Waals surface area (Å²) in [7, 11) is 0. The van der Waals surface area contributed by atoms with Crippen LogP contribution in [0.15, 0.2) is 24.4 Å². The van der Waals surface area contributed by atoms with Crippen molar-refractivity contribution in [1.82, 2.24) is 4.98 Å². The Balaban J connectivity index is 2.00. The third kappa shape index (κ3) is 2.60. The minimum atomic E-state index is 0.193. The van der Waals surface area contributed by atoms with Gasteiger partial charge in [0.25, 0.3) is 0 Å². The second kappa shape index (κ2) is 5.41. The highest BCUT2D eigenvalue weighted by molar-refractivity contribution is 5.11. The summed E-state index contributed by atoms with van der Waals surface area (Å²) in [5.74, 6) is 0.898. The molecule has 2 heterocycles. The van der Waals surface area contributed by atoms with E-state index in [4.69, 9.17) is 10.5 Å². The van der Waals surface area contributed by atoms with Crippen LogP contribution in [0, 0.1) is 5.92 Å². The SMILES string of the molecule is CC(c1ccccn1)C(N)C1CCOCC1. The zero-order chi connectivity index (χ0) is 11.4. The molecule has 0 radical (unpaired) electrons. The van der Waals surface area contributed by atoms with Crippen LogP contribution in [0.2, 0.25) is 0 Å². The van der Waals surface area contributed by atoms with Gasteiger partial charge in [-0.05, 0) is 30.9 Å². The van der Waals surface area contributed by atoms with Crippen LogP contribution >= 0.6 is 0 Å². The average Bonchev–Trinajstić information content (AvgIpc) is 2.39. The second-order valence-corrected chi connectivity index (χ2v) is 4.57. The molecule has 3 nitrogen and oxygen atoms in total. The number of rotatable bonds is 3. The van der Waals surface area contributed by atoms with Crippen LogP contribution in [-0.2, 0) is 4.74 Å². The van der Waals surface area contributed by atoms with E-state index in [1.165, 1.54) is 0 Å². The highest BCUT2D eigenvalue weighted by Gasteiger charge is 2.26. The number of hydrogen-bond acceptors (Lipinski definition) is 3. The molecule has 16 heavy (non-hydrogen) atoms. The first-order valence-electron chi connectivity index (χ1n) is 6.03. The topological polar surface area (TPSA) is 48.1 Å². The molecular weight excluding hydrogens is 200 g/mol. The molecule has 1 aromatic rings. The molecule has 2 atom stereocenters. The Labute approximate surface area is 97.0 Å². The lowest BCUT2D eigenvalue weighted by molar-refractivity contribution is 0.0558. The Morgan fingerprint density at radius 3 is 2.75 bits per heavy atom. The van der Waals surface area contributed by atoms with Gasteiger partial charge in [-0.15, -0.1) is 0 Å². The highest BCUT2D eigenvalue weighted by atomic mass is 16.5. The predicted molar refractivity (Wildman–Crippen MR) is 64.2 cm³/mol. The van der Waals surface area contributed by atoms with Crippen molar-refractivity contribution in [3.05, 3.63) is 30.1 Å². The fraction of sp³-hybridized carbons (Fsp3) is 0.615. The van der Waals surface area contributed by atoms with E-state index in [-0.39, 0.29) is 6.04 Å². The Morgan fingerprint density at radius 2 is 2.12 bits per heavy atom. The molecule has 1 saturated heterocycles. The Bertz CT molecular complexity index is 309. The smallest absolute Gasteiger partial charge is 0.0469 e. The van der Waals surface area contributed by atoms with E-state index in [2.05, 4.69) is 18.0 Å². The molecule has 0 aromatic carbocycles. The first kappa shape index (κ1) is 11.6. The van der Waals surface area contributed by atoms with Gasteiger partial charge in [0.1, 0.15) is 0 Å². The summed E-state index contributed by atoms with van der Waals surface area (Å²) < 4.78 is 5.36. The van der Waals surface area contributed by atoms with E-state index in [0.29, 0.717) is 11.8 Å². The van der Waals surface area contributed by atoms with Gasteiger partial charge in [0, 0.05) is 37.1 Å². The lowest BCUT2D eigenvalue weighted by Crippen LogP contribution is -2.38. The summed E-state index contributed by atoms with van der Waals surface area (Å²) in [5.41, 5.74) is 7.43. The van der Waals surface area contributed by atoms with Crippen LogP contribution < -0.4 is 5.73 Å². The summed E-state index contributed by atoms with van der Waals surface area (Å²) in [6.45, 7) is 3.88. The third-order valence-electron chi connectivity index (χ3n) is 3.54. The molecule has 1 fully saturated rings. The summed E-state index contributed by atoms with van der Waals surface area (Å²) in [6.07, 6.45) is 4.00. The number of aromatic nitrogens is 1. The number of hydrogen-bond donors (Lipinski definition) is 1. The van der Waals surface area contributed by atoms with Gasteiger partial charge in [-0.1, -0.05) is 13.0 Å². The molecule has 2 N–H and O–H groups in total. The summed E-state index contributed by atoms with van der Waals surface area (Å²) in [5, 5.41) is 0. The van der Waals surface area contributed by atoms with E-state index >= 15 is 0 Å². The minimum Gasteiger partial charge on any atom is -0.381 e. The molecule has 0 spiro atoms. The second-order valence-electron chi connectivity index (χ2n) is 4.57. The molecule has 0 bridgehead atoms. The van der Waals surface area contributed by atoms with Crippen LogP contribution in [0.4, 0.5) is 0 Å². The highest BCUT2D eigenvalue weighted by Crippen LogP contribution is 2.26. The third-order valence-corrected chi connectivity index (χ3v) is 3.54. The van der Waals surface area contributed by atoms with Gasteiger partial charge in [0.15, 0.2) is 0 Å². The van der Waals surface area contributed by atoms with Crippen LogP contribution in [0.25, 0.3) is 0 Å². The summed E-state index contributed by atoms with van der Waals surface area (Å²) >= 11 is 0. The van der Waals surface area contributed by atoms with Crippen LogP contribution in [0.3, 0.4) is 0 Å². The van der Waals surface area contributed by atoms with Crippen LogP contribution in [-0.4, -0.2) is 24.2 Å². The van der Waals surface area contributed by atoms with E-state index in [9.17, 15) is 0 Å². The zero-order valence-corrected chi connectivity index (χ0v) is 9.80. The van der Waals surface area contributed by atoms with E-state index in [0.717, 1.165) is 31.7 Å². The lowest BCUT2D eigenvalue weighted by Gasteiger charge is -2.31. The molecule has 2 unspecified atom stereocenters. The maximum atomic E-state index is 6.33. The van der Waals surface area contributed by atoms with E-state index in [1.807, 2.05) is 18.3 Å². The Kier molecular flexibility index (Phi) is 3.91. The van der Waals surface area contributed by atoms with Crippen molar-refractivity contribution in [2.45, 2.75) is 31.7 Å². The van der Waals surface area contributed by atoms with Crippen molar-refractivity contribution in [2.24, 2.45) is 11.7 Å². The van der Waals surface area contributed by atoms with Crippen molar-refractivity contribution < 1.29 is 4.74 Å². The standard InChI is InChI=1S/C13H20N2O/c1-10(12-4-2-3-7-15-12)13(14)11-5-8-16-9-6-11/h2-4,7,10-11,13H,5-6,8-9,14H2,1H3. The molecule has 0 aliphatic carbocycles. The summed E-state index contributed by atoms with van der Waals surface area (Å²) in [6, 6.07) is 6.22. The normalized spacial score (nSPS) is 21.6. The van der Waals surface area contributed by atoms with Gasteiger partial charge < -0.3 is 10.5 Å². The summed E-state index contributed by atoms with van der Waals surface area (Å²) in [4.78, 5) is 4.38. The van der Waals surface area contributed by atoms with Crippen molar-refractivity contribution in [3.63, 3.8) is 0 Å². The first-order valence-corrected chi connectivity index (χ1v) is 6.03. The maximum Gasteiger partial charge on any atom is 0.0469 e. The van der Waals surface area contributed by atoms with Gasteiger partial charge in [-0.3, -0.25) is 4.98 Å². The van der Waals surface area contributed by atoms with Crippen molar-refractivity contribution in [2.75, 3.05) is 13.2 Å². The number of pyridine rings is 1. The number of nitrogens with zero attached hydrogens (tertiary/aromatic N) is 1. The molecule has 88 valence electrons. The maximum absolute atomic E-state index is 6.33. The molecule has 0 saturated carbocycles. The lowest BCUT2D eigenvalue weighted by atomic mass is 9.83. The van der Waals surface area contributed by atoms with Crippen molar-refractivity contribution in [3.8, 4) is 0 Å². The average molecular weight is 220 g/mol. The van der Waals surface area contributed by atoms with Gasteiger partial charge in [-0.25, -0.2) is 0 Å². The molecular formula is C13H20N2O. The van der Waals surface area contributed by atoms with Crippen molar-refractivity contribution in [1.29, 1.82) is 0 Å². The van der Waals surface area contributed by atoms with Crippen LogP contribution in [0.5, 0.6) is 0 Å². The fourth-order valence-corrected chi connectivity index (χ4v) is 2.35. The zero-order valence-electron chi connectivity index (χ0n) is 9.80. The molecule has 3 heteroatoms. The Morgan fingerprint density at radius 1 is 1.38 bits per heavy atom. The fourth-order valence-electron chi connectivity index (χ4n) is 2.35. The van der Waals surface area contributed by atoms with E-state index < -0.39 is 0 Å².